The fourth-order valence-corrected chi connectivity index (χ4v) is 1.41. The SMILES string of the molecule is C=C(C)C(CC)CC(C)(C)C. The quantitative estimate of drug-likeness (QED) is 0.538. The molecule has 0 aromatic rings. The Labute approximate surface area is 71.7 Å². The van der Waals surface area contributed by atoms with Gasteiger partial charge in [0.1, 0.15) is 0 Å². The van der Waals surface area contributed by atoms with Crippen molar-refractivity contribution in [2.24, 2.45) is 11.3 Å². The summed E-state index contributed by atoms with van der Waals surface area (Å²) >= 11 is 0. The van der Waals surface area contributed by atoms with Gasteiger partial charge in [0, 0.05) is 0 Å². The van der Waals surface area contributed by atoms with Gasteiger partial charge in [0.25, 0.3) is 0 Å². The van der Waals surface area contributed by atoms with Crippen molar-refractivity contribution in [1.29, 1.82) is 0 Å². The second-order valence-electron chi connectivity index (χ2n) is 4.72. The van der Waals surface area contributed by atoms with E-state index in [2.05, 4.69) is 41.2 Å². The van der Waals surface area contributed by atoms with Gasteiger partial charge in [-0.25, -0.2) is 0 Å². The Kier molecular flexibility index (Phi) is 3.85. The highest BCUT2D eigenvalue weighted by atomic mass is 14.2. The predicted molar refractivity (Wildman–Crippen MR) is 52.7 cm³/mol. The molecule has 0 spiro atoms. The molecule has 0 aromatic carbocycles. The standard InChI is InChI=1S/C11H22/c1-7-10(9(2)3)8-11(4,5)6/h10H,2,7-8H2,1,3-6H3. The molecule has 0 heterocycles. The van der Waals surface area contributed by atoms with Gasteiger partial charge >= 0.3 is 0 Å². The van der Waals surface area contributed by atoms with Crippen molar-refractivity contribution >= 4 is 0 Å². The highest BCUT2D eigenvalue weighted by Gasteiger charge is 2.17. The maximum Gasteiger partial charge on any atom is -0.0206 e. The summed E-state index contributed by atoms with van der Waals surface area (Å²) in [5.74, 6) is 0.718. The Morgan fingerprint density at radius 1 is 1.36 bits per heavy atom. The first-order chi connectivity index (χ1) is 4.87. The topological polar surface area (TPSA) is 0 Å². The molecule has 0 aliphatic heterocycles. The van der Waals surface area contributed by atoms with Crippen LogP contribution in [0.25, 0.3) is 0 Å². The molecule has 0 aromatic heterocycles. The number of allylic oxidation sites excluding steroid dienone is 1. The molecule has 0 amide bonds. The molecule has 66 valence electrons. The summed E-state index contributed by atoms with van der Waals surface area (Å²) in [4.78, 5) is 0. The van der Waals surface area contributed by atoms with Gasteiger partial charge in [-0.05, 0) is 31.1 Å². The van der Waals surface area contributed by atoms with E-state index in [9.17, 15) is 0 Å². The Hall–Kier alpha value is -0.260. The van der Waals surface area contributed by atoms with Crippen molar-refractivity contribution < 1.29 is 0 Å². The first-order valence-corrected chi connectivity index (χ1v) is 4.52. The summed E-state index contributed by atoms with van der Waals surface area (Å²) in [6.07, 6.45) is 2.49. The third-order valence-electron chi connectivity index (χ3n) is 2.05. The van der Waals surface area contributed by atoms with E-state index < -0.39 is 0 Å². The zero-order valence-electron chi connectivity index (χ0n) is 8.70. The summed E-state index contributed by atoms with van der Waals surface area (Å²) in [6.45, 7) is 15.3. The second kappa shape index (κ2) is 3.94. The van der Waals surface area contributed by atoms with E-state index in [-0.39, 0.29) is 0 Å². The molecule has 1 atom stereocenters. The van der Waals surface area contributed by atoms with Crippen LogP contribution in [0.3, 0.4) is 0 Å². The van der Waals surface area contributed by atoms with E-state index in [1.54, 1.807) is 0 Å². The fourth-order valence-electron chi connectivity index (χ4n) is 1.41. The zero-order chi connectivity index (χ0) is 9.07. The van der Waals surface area contributed by atoms with Crippen LogP contribution in [0.5, 0.6) is 0 Å². The highest BCUT2D eigenvalue weighted by molar-refractivity contribution is 4.96. The summed E-state index contributed by atoms with van der Waals surface area (Å²) in [5, 5.41) is 0. The third kappa shape index (κ3) is 5.06. The van der Waals surface area contributed by atoms with Gasteiger partial charge in [0.05, 0.1) is 0 Å². The first kappa shape index (κ1) is 10.7. The van der Waals surface area contributed by atoms with Gasteiger partial charge in [-0.3, -0.25) is 0 Å². The van der Waals surface area contributed by atoms with E-state index in [4.69, 9.17) is 0 Å². The number of hydrogen-bond donors (Lipinski definition) is 0. The molecule has 0 radical (unpaired) electrons. The molecule has 0 aliphatic rings. The summed E-state index contributed by atoms with van der Waals surface area (Å²) in [5.41, 5.74) is 1.78. The van der Waals surface area contributed by atoms with Crippen molar-refractivity contribution in [3.05, 3.63) is 12.2 Å². The van der Waals surface area contributed by atoms with Crippen molar-refractivity contribution in [2.45, 2.75) is 47.5 Å². The van der Waals surface area contributed by atoms with Crippen LogP contribution in [0.15, 0.2) is 12.2 Å². The molecule has 0 heteroatoms. The largest absolute Gasteiger partial charge is 0.0999 e. The maximum absolute atomic E-state index is 4.01. The summed E-state index contributed by atoms with van der Waals surface area (Å²) < 4.78 is 0. The van der Waals surface area contributed by atoms with Crippen molar-refractivity contribution in [3.63, 3.8) is 0 Å². The van der Waals surface area contributed by atoms with Crippen LogP contribution in [0.1, 0.15) is 47.5 Å². The average Bonchev–Trinajstić information content (AvgIpc) is 1.80. The molecule has 0 N–H and O–H groups in total. The lowest BCUT2D eigenvalue weighted by Crippen LogP contribution is -2.13. The molecule has 0 saturated carbocycles. The fraction of sp³-hybridized carbons (Fsp3) is 0.818. The first-order valence-electron chi connectivity index (χ1n) is 4.52. The molecule has 0 rings (SSSR count). The van der Waals surface area contributed by atoms with E-state index >= 15 is 0 Å². The van der Waals surface area contributed by atoms with E-state index in [0.29, 0.717) is 5.41 Å². The predicted octanol–water partition coefficient (Wildman–Crippen LogP) is 4.02. The lowest BCUT2D eigenvalue weighted by Gasteiger charge is -2.25. The van der Waals surface area contributed by atoms with E-state index in [0.717, 1.165) is 5.92 Å². The smallest absolute Gasteiger partial charge is 0.0206 e. The molecular weight excluding hydrogens is 132 g/mol. The van der Waals surface area contributed by atoms with Gasteiger partial charge in [0.2, 0.25) is 0 Å². The monoisotopic (exact) mass is 154 g/mol. The zero-order valence-corrected chi connectivity index (χ0v) is 8.70. The summed E-state index contributed by atoms with van der Waals surface area (Å²) in [7, 11) is 0. The molecule has 0 nitrogen and oxygen atoms in total. The molecule has 0 fully saturated rings. The maximum atomic E-state index is 4.01. The lowest BCUT2D eigenvalue weighted by molar-refractivity contribution is 0.313. The minimum absolute atomic E-state index is 0.444. The van der Waals surface area contributed by atoms with Crippen molar-refractivity contribution in [1.82, 2.24) is 0 Å². The van der Waals surface area contributed by atoms with Gasteiger partial charge in [-0.15, -0.1) is 0 Å². The number of hydrogen-bond acceptors (Lipinski definition) is 0. The minimum atomic E-state index is 0.444. The van der Waals surface area contributed by atoms with Crippen LogP contribution in [-0.2, 0) is 0 Å². The Morgan fingerprint density at radius 3 is 1.91 bits per heavy atom. The van der Waals surface area contributed by atoms with Gasteiger partial charge in [0.15, 0.2) is 0 Å². The third-order valence-corrected chi connectivity index (χ3v) is 2.05. The Bertz CT molecular complexity index is 125. The average molecular weight is 154 g/mol. The normalized spacial score (nSPS) is 14.6. The van der Waals surface area contributed by atoms with Gasteiger partial charge in [-0.1, -0.05) is 39.8 Å². The van der Waals surface area contributed by atoms with Crippen LogP contribution in [-0.4, -0.2) is 0 Å². The van der Waals surface area contributed by atoms with Gasteiger partial charge < -0.3 is 0 Å². The van der Waals surface area contributed by atoms with E-state index in [1.807, 2.05) is 0 Å². The molecule has 1 unspecified atom stereocenters. The molecular formula is C11H22. The van der Waals surface area contributed by atoms with Gasteiger partial charge in [-0.2, -0.15) is 0 Å². The highest BCUT2D eigenvalue weighted by Crippen LogP contribution is 2.29. The summed E-state index contributed by atoms with van der Waals surface area (Å²) in [6, 6.07) is 0. The molecule has 0 bridgehead atoms. The lowest BCUT2D eigenvalue weighted by atomic mass is 9.81. The van der Waals surface area contributed by atoms with Crippen molar-refractivity contribution in [3.8, 4) is 0 Å². The number of rotatable bonds is 3. The van der Waals surface area contributed by atoms with Crippen LogP contribution in [0.4, 0.5) is 0 Å². The minimum Gasteiger partial charge on any atom is -0.0999 e. The van der Waals surface area contributed by atoms with Crippen LogP contribution >= 0.6 is 0 Å². The second-order valence-corrected chi connectivity index (χ2v) is 4.72. The van der Waals surface area contributed by atoms with Crippen LogP contribution < -0.4 is 0 Å². The Morgan fingerprint density at radius 2 is 1.82 bits per heavy atom. The molecule has 11 heavy (non-hydrogen) atoms. The molecule has 0 aliphatic carbocycles. The van der Waals surface area contributed by atoms with Crippen LogP contribution in [0, 0.1) is 11.3 Å². The Balaban J connectivity index is 3.99. The van der Waals surface area contributed by atoms with Crippen molar-refractivity contribution in [2.75, 3.05) is 0 Å². The van der Waals surface area contributed by atoms with Crippen LogP contribution in [0.2, 0.25) is 0 Å². The van der Waals surface area contributed by atoms with E-state index in [1.165, 1.54) is 18.4 Å². The molecule has 0 saturated heterocycles.